The number of ether oxygens (including phenoxy) is 1. The van der Waals surface area contributed by atoms with E-state index in [1.54, 1.807) is 69.3 Å². The van der Waals surface area contributed by atoms with Crippen LogP contribution in [0.4, 0.5) is 5.69 Å². The van der Waals surface area contributed by atoms with Crippen molar-refractivity contribution in [2.45, 2.75) is 33.4 Å². The third-order valence-electron chi connectivity index (χ3n) is 4.87. The average molecular weight is 496 g/mol. The third-order valence-corrected chi connectivity index (χ3v) is 6.23. The van der Waals surface area contributed by atoms with Gasteiger partial charge < -0.3 is 15.0 Å². The van der Waals surface area contributed by atoms with Gasteiger partial charge in [-0.15, -0.1) is 0 Å². The Bertz CT molecular complexity index is 1080. The maximum Gasteiger partial charge on any atom is 0.244 e. The van der Waals surface area contributed by atoms with Crippen LogP contribution in [0.3, 0.4) is 0 Å². The molecule has 0 spiro atoms. The number of hydrogen-bond donors (Lipinski definition) is 1. The molecule has 0 saturated carbocycles. The van der Waals surface area contributed by atoms with Crippen molar-refractivity contribution in [1.82, 2.24) is 10.2 Å². The molecule has 33 heavy (non-hydrogen) atoms. The van der Waals surface area contributed by atoms with Gasteiger partial charge in [-0.1, -0.05) is 35.9 Å². The lowest BCUT2D eigenvalue weighted by Crippen LogP contribution is -2.51. The first kappa shape index (κ1) is 26.5. The van der Waals surface area contributed by atoms with Crippen molar-refractivity contribution in [3.05, 3.63) is 59.1 Å². The highest BCUT2D eigenvalue weighted by atomic mass is 35.5. The standard InChI is InChI=1S/C23H30ClN3O5S/c1-5-25-23(29)17(3)26(15-18-10-9-11-19(24)14-18)22(28)16-27(33(4,30)31)20-12-7-8-13-21(20)32-6-2/h7-14,17H,5-6,15-16H2,1-4H3,(H,25,29)/t17-/m0/s1. The van der Waals surface area contributed by atoms with Gasteiger partial charge >= 0.3 is 0 Å². The van der Waals surface area contributed by atoms with Gasteiger partial charge in [-0.05, 0) is 50.6 Å². The Kier molecular flexibility index (Phi) is 9.55. The number of halogens is 1. The number of carbonyl (C=O) groups excluding carboxylic acids is 2. The molecule has 2 aromatic rings. The minimum Gasteiger partial charge on any atom is -0.492 e. The van der Waals surface area contributed by atoms with Gasteiger partial charge in [0, 0.05) is 18.1 Å². The Morgan fingerprint density at radius 1 is 1.12 bits per heavy atom. The van der Waals surface area contributed by atoms with Gasteiger partial charge in [-0.25, -0.2) is 8.42 Å². The number of nitrogens with one attached hydrogen (secondary N) is 1. The monoisotopic (exact) mass is 495 g/mol. The van der Waals surface area contributed by atoms with E-state index in [1.165, 1.54) is 4.90 Å². The molecule has 0 aliphatic carbocycles. The van der Waals surface area contributed by atoms with E-state index in [0.717, 1.165) is 10.6 Å². The van der Waals surface area contributed by atoms with E-state index in [1.807, 2.05) is 0 Å². The molecule has 0 fully saturated rings. The van der Waals surface area contributed by atoms with Gasteiger partial charge in [-0.3, -0.25) is 13.9 Å². The molecule has 0 aliphatic heterocycles. The molecule has 2 rings (SSSR count). The summed E-state index contributed by atoms with van der Waals surface area (Å²) >= 11 is 6.09. The fourth-order valence-corrected chi connectivity index (χ4v) is 4.34. The first-order valence-corrected chi connectivity index (χ1v) is 12.8. The number of hydrogen-bond acceptors (Lipinski definition) is 5. The van der Waals surface area contributed by atoms with Crippen LogP contribution in [0.2, 0.25) is 5.02 Å². The van der Waals surface area contributed by atoms with Crippen molar-refractivity contribution >= 4 is 39.1 Å². The SMILES string of the molecule is CCNC(=O)[C@H](C)N(Cc1cccc(Cl)c1)C(=O)CN(c1ccccc1OCC)S(C)(=O)=O. The van der Waals surface area contributed by atoms with Crippen LogP contribution < -0.4 is 14.4 Å². The van der Waals surface area contributed by atoms with E-state index in [4.69, 9.17) is 16.3 Å². The summed E-state index contributed by atoms with van der Waals surface area (Å²) in [5, 5.41) is 3.20. The van der Waals surface area contributed by atoms with Crippen LogP contribution in [0.25, 0.3) is 0 Å². The highest BCUT2D eigenvalue weighted by molar-refractivity contribution is 7.92. The van der Waals surface area contributed by atoms with Gasteiger partial charge in [0.1, 0.15) is 18.3 Å². The second kappa shape index (κ2) is 11.9. The third kappa shape index (κ3) is 7.36. The number of sulfonamides is 1. The molecule has 0 aliphatic rings. The number of likely N-dealkylation sites (N-methyl/N-ethyl adjacent to an activating group) is 1. The smallest absolute Gasteiger partial charge is 0.244 e. The Morgan fingerprint density at radius 3 is 2.42 bits per heavy atom. The van der Waals surface area contributed by atoms with E-state index < -0.39 is 28.5 Å². The van der Waals surface area contributed by atoms with Crippen LogP contribution in [0.5, 0.6) is 5.75 Å². The van der Waals surface area contributed by atoms with Crippen LogP contribution in [0.15, 0.2) is 48.5 Å². The van der Waals surface area contributed by atoms with Crippen LogP contribution in [-0.2, 0) is 26.2 Å². The predicted octanol–water partition coefficient (Wildman–Crippen LogP) is 3.06. The number of amides is 2. The second-order valence-electron chi connectivity index (χ2n) is 7.39. The van der Waals surface area contributed by atoms with Crippen molar-refractivity contribution in [3.63, 3.8) is 0 Å². The van der Waals surface area contributed by atoms with Gasteiger partial charge in [-0.2, -0.15) is 0 Å². The maximum absolute atomic E-state index is 13.4. The summed E-state index contributed by atoms with van der Waals surface area (Å²) in [5.74, 6) is -0.532. The molecular formula is C23H30ClN3O5S. The number of nitrogens with zero attached hydrogens (tertiary/aromatic N) is 2. The van der Waals surface area contributed by atoms with Crippen molar-refractivity contribution in [2.75, 3.05) is 30.3 Å². The lowest BCUT2D eigenvalue weighted by Gasteiger charge is -2.31. The molecule has 0 aromatic heterocycles. The minimum absolute atomic E-state index is 0.0857. The number of anilines is 1. The number of rotatable bonds is 11. The number of carbonyl (C=O) groups is 2. The van der Waals surface area contributed by atoms with Gasteiger partial charge in [0.2, 0.25) is 21.8 Å². The molecule has 10 heteroatoms. The second-order valence-corrected chi connectivity index (χ2v) is 9.74. The summed E-state index contributed by atoms with van der Waals surface area (Å²) in [7, 11) is -3.84. The van der Waals surface area contributed by atoms with E-state index in [-0.39, 0.29) is 18.1 Å². The number of para-hydroxylation sites is 2. The summed E-state index contributed by atoms with van der Waals surface area (Å²) in [4.78, 5) is 27.3. The Labute approximate surface area is 200 Å². The Hall–Kier alpha value is -2.78. The normalized spacial score (nSPS) is 12.0. The lowest BCUT2D eigenvalue weighted by molar-refractivity contribution is -0.139. The van der Waals surface area contributed by atoms with Gasteiger partial charge in [0.25, 0.3) is 0 Å². The van der Waals surface area contributed by atoms with E-state index in [0.29, 0.717) is 29.5 Å². The molecule has 8 nitrogen and oxygen atoms in total. The van der Waals surface area contributed by atoms with Crippen LogP contribution in [-0.4, -0.2) is 57.1 Å². The summed E-state index contributed by atoms with van der Waals surface area (Å²) < 4.78 is 31.9. The highest BCUT2D eigenvalue weighted by Crippen LogP contribution is 2.30. The molecule has 0 bridgehead atoms. The Balaban J connectivity index is 2.43. The van der Waals surface area contributed by atoms with Gasteiger partial charge in [0.15, 0.2) is 0 Å². The zero-order chi connectivity index (χ0) is 24.6. The van der Waals surface area contributed by atoms with Crippen molar-refractivity contribution in [2.24, 2.45) is 0 Å². The fraction of sp³-hybridized carbons (Fsp3) is 0.391. The fourth-order valence-electron chi connectivity index (χ4n) is 3.27. The van der Waals surface area contributed by atoms with Crippen LogP contribution in [0, 0.1) is 0 Å². The molecule has 2 amide bonds. The van der Waals surface area contributed by atoms with E-state index >= 15 is 0 Å². The molecular weight excluding hydrogens is 466 g/mol. The first-order valence-electron chi connectivity index (χ1n) is 10.6. The summed E-state index contributed by atoms with van der Waals surface area (Å²) in [6.45, 7) is 5.50. The molecule has 0 unspecified atom stereocenters. The number of benzene rings is 2. The average Bonchev–Trinajstić information content (AvgIpc) is 2.75. The molecule has 1 atom stereocenters. The molecule has 0 radical (unpaired) electrons. The molecule has 1 N–H and O–H groups in total. The largest absolute Gasteiger partial charge is 0.492 e. The lowest BCUT2D eigenvalue weighted by atomic mass is 10.1. The summed E-state index contributed by atoms with van der Waals surface area (Å²) in [6, 6.07) is 12.7. The van der Waals surface area contributed by atoms with Crippen molar-refractivity contribution < 1.29 is 22.7 Å². The zero-order valence-corrected chi connectivity index (χ0v) is 20.8. The maximum atomic E-state index is 13.4. The van der Waals surface area contributed by atoms with E-state index in [9.17, 15) is 18.0 Å². The molecule has 180 valence electrons. The van der Waals surface area contributed by atoms with Crippen LogP contribution in [0.1, 0.15) is 26.3 Å². The van der Waals surface area contributed by atoms with E-state index in [2.05, 4.69) is 5.32 Å². The Morgan fingerprint density at radius 2 is 1.82 bits per heavy atom. The zero-order valence-electron chi connectivity index (χ0n) is 19.2. The highest BCUT2D eigenvalue weighted by Gasteiger charge is 2.31. The molecule has 0 saturated heterocycles. The van der Waals surface area contributed by atoms with Crippen molar-refractivity contribution in [1.29, 1.82) is 0 Å². The first-order chi connectivity index (χ1) is 15.6. The molecule has 2 aromatic carbocycles. The van der Waals surface area contributed by atoms with Gasteiger partial charge in [0.05, 0.1) is 18.6 Å². The minimum atomic E-state index is -3.84. The quantitative estimate of drug-likeness (QED) is 0.517. The topological polar surface area (TPSA) is 96.0 Å². The summed E-state index contributed by atoms with van der Waals surface area (Å²) in [6.07, 6.45) is 1.03. The van der Waals surface area contributed by atoms with Crippen molar-refractivity contribution in [3.8, 4) is 5.75 Å². The molecule has 0 heterocycles. The predicted molar refractivity (Wildman–Crippen MR) is 130 cm³/mol. The van der Waals surface area contributed by atoms with Crippen LogP contribution >= 0.6 is 11.6 Å². The summed E-state index contributed by atoms with van der Waals surface area (Å²) in [5.41, 5.74) is 0.969.